The van der Waals surface area contributed by atoms with Crippen molar-refractivity contribution in [2.75, 3.05) is 5.32 Å². The average molecular weight is 401 g/mol. The molecule has 104 valence electrons. The van der Waals surface area contributed by atoms with Crippen LogP contribution in [0.3, 0.4) is 0 Å². The standard InChI is InChI=1S/C13H11Br2N3O2/c1-8-16-6-10(15)13(20)18(8)7-12(19)17-11-5-3-2-4-9(11)14/h2-6H,7H2,1H3,(H,17,19). The summed E-state index contributed by atoms with van der Waals surface area (Å²) in [5.41, 5.74) is 0.380. The first kappa shape index (κ1) is 14.9. The van der Waals surface area contributed by atoms with E-state index < -0.39 is 0 Å². The topological polar surface area (TPSA) is 64.0 Å². The summed E-state index contributed by atoms with van der Waals surface area (Å²) < 4.78 is 2.43. The summed E-state index contributed by atoms with van der Waals surface area (Å²) in [4.78, 5) is 28.0. The lowest BCUT2D eigenvalue weighted by Gasteiger charge is -2.10. The predicted molar refractivity (Wildman–Crippen MR) is 83.7 cm³/mol. The molecule has 0 aliphatic rings. The molecular weight excluding hydrogens is 390 g/mol. The highest BCUT2D eigenvalue weighted by Gasteiger charge is 2.11. The summed E-state index contributed by atoms with van der Waals surface area (Å²) in [6.07, 6.45) is 1.43. The number of aromatic nitrogens is 2. The monoisotopic (exact) mass is 399 g/mol. The molecule has 5 nitrogen and oxygen atoms in total. The number of amides is 1. The largest absolute Gasteiger partial charge is 0.324 e. The second-order valence-corrected chi connectivity index (χ2v) is 5.78. The van der Waals surface area contributed by atoms with Crippen molar-refractivity contribution in [1.82, 2.24) is 9.55 Å². The van der Waals surface area contributed by atoms with Crippen molar-refractivity contribution >= 4 is 43.5 Å². The number of anilines is 1. The summed E-state index contributed by atoms with van der Waals surface area (Å²) in [6, 6.07) is 7.27. The number of carbonyl (C=O) groups excluding carboxylic acids is 1. The Bertz CT molecular complexity index is 713. The van der Waals surface area contributed by atoms with Crippen molar-refractivity contribution in [3.05, 3.63) is 55.6 Å². The van der Waals surface area contributed by atoms with E-state index in [9.17, 15) is 9.59 Å². The number of hydrogen-bond donors (Lipinski definition) is 1. The van der Waals surface area contributed by atoms with Crippen LogP contribution in [0, 0.1) is 6.92 Å². The van der Waals surface area contributed by atoms with Gasteiger partial charge in [0.25, 0.3) is 5.56 Å². The van der Waals surface area contributed by atoms with Crippen LogP contribution in [0.4, 0.5) is 5.69 Å². The van der Waals surface area contributed by atoms with Gasteiger partial charge in [0.15, 0.2) is 0 Å². The van der Waals surface area contributed by atoms with Gasteiger partial charge in [0.2, 0.25) is 5.91 Å². The number of benzene rings is 1. The predicted octanol–water partition coefficient (Wildman–Crippen LogP) is 2.72. The molecule has 1 aromatic heterocycles. The normalized spacial score (nSPS) is 10.3. The van der Waals surface area contributed by atoms with Crippen LogP contribution in [-0.2, 0) is 11.3 Å². The highest BCUT2D eigenvalue weighted by atomic mass is 79.9. The maximum atomic E-state index is 12.0. The summed E-state index contributed by atoms with van der Waals surface area (Å²) in [7, 11) is 0. The Labute approximate surface area is 132 Å². The van der Waals surface area contributed by atoms with E-state index in [-0.39, 0.29) is 18.0 Å². The van der Waals surface area contributed by atoms with Crippen LogP contribution in [0.15, 0.2) is 44.2 Å². The van der Waals surface area contributed by atoms with Gasteiger partial charge in [-0.15, -0.1) is 0 Å². The molecule has 1 heterocycles. The van der Waals surface area contributed by atoms with Crippen molar-refractivity contribution in [3.63, 3.8) is 0 Å². The Morgan fingerprint density at radius 1 is 1.30 bits per heavy atom. The van der Waals surface area contributed by atoms with Gasteiger partial charge in [0, 0.05) is 10.7 Å². The molecule has 2 aromatic rings. The molecular formula is C13H11Br2N3O2. The molecule has 1 amide bonds. The Balaban J connectivity index is 2.19. The number of aryl methyl sites for hydroxylation is 1. The fourth-order valence-corrected chi connectivity index (χ4v) is 2.33. The molecule has 0 spiro atoms. The van der Waals surface area contributed by atoms with Crippen molar-refractivity contribution in [3.8, 4) is 0 Å². The van der Waals surface area contributed by atoms with Gasteiger partial charge < -0.3 is 5.32 Å². The quantitative estimate of drug-likeness (QED) is 0.861. The van der Waals surface area contributed by atoms with Gasteiger partial charge in [-0.05, 0) is 50.9 Å². The summed E-state index contributed by atoms with van der Waals surface area (Å²) >= 11 is 6.46. The average Bonchev–Trinajstić information content (AvgIpc) is 2.42. The highest BCUT2D eigenvalue weighted by Crippen LogP contribution is 2.21. The summed E-state index contributed by atoms with van der Waals surface area (Å²) in [6.45, 7) is 1.60. The minimum Gasteiger partial charge on any atom is -0.324 e. The molecule has 1 N–H and O–H groups in total. The van der Waals surface area contributed by atoms with Gasteiger partial charge >= 0.3 is 0 Å². The van der Waals surface area contributed by atoms with Gasteiger partial charge in [0.05, 0.1) is 5.69 Å². The SMILES string of the molecule is Cc1ncc(Br)c(=O)n1CC(=O)Nc1ccccc1Br. The molecule has 0 aliphatic heterocycles. The first-order valence-corrected chi connectivity index (χ1v) is 7.34. The van der Waals surface area contributed by atoms with Crippen LogP contribution in [0.25, 0.3) is 0 Å². The molecule has 0 atom stereocenters. The van der Waals surface area contributed by atoms with Crippen molar-refractivity contribution in [2.45, 2.75) is 13.5 Å². The van der Waals surface area contributed by atoms with E-state index in [0.717, 1.165) is 4.47 Å². The molecule has 2 rings (SSSR count). The van der Waals surface area contributed by atoms with Crippen LogP contribution in [0.1, 0.15) is 5.82 Å². The lowest BCUT2D eigenvalue weighted by atomic mass is 10.3. The van der Waals surface area contributed by atoms with Gasteiger partial charge in [-0.1, -0.05) is 12.1 Å². The van der Waals surface area contributed by atoms with E-state index >= 15 is 0 Å². The van der Waals surface area contributed by atoms with E-state index in [1.807, 2.05) is 18.2 Å². The molecule has 0 radical (unpaired) electrons. The van der Waals surface area contributed by atoms with Crippen LogP contribution in [-0.4, -0.2) is 15.5 Å². The zero-order chi connectivity index (χ0) is 14.7. The minimum absolute atomic E-state index is 0.0849. The third-order valence-electron chi connectivity index (χ3n) is 2.65. The molecule has 0 saturated carbocycles. The van der Waals surface area contributed by atoms with Gasteiger partial charge in [-0.25, -0.2) is 4.98 Å². The van der Waals surface area contributed by atoms with Crippen LogP contribution >= 0.6 is 31.9 Å². The summed E-state index contributed by atoms with van der Waals surface area (Å²) in [5, 5.41) is 2.74. The van der Waals surface area contributed by atoms with Gasteiger partial charge in [-0.3, -0.25) is 14.2 Å². The number of carbonyl (C=O) groups is 1. The van der Waals surface area contributed by atoms with E-state index in [1.54, 1.807) is 13.0 Å². The number of nitrogens with zero attached hydrogens (tertiary/aromatic N) is 2. The van der Waals surface area contributed by atoms with Crippen LogP contribution < -0.4 is 10.9 Å². The van der Waals surface area contributed by atoms with Crippen LogP contribution in [0.2, 0.25) is 0 Å². The Hall–Kier alpha value is -1.47. The number of para-hydroxylation sites is 1. The number of hydrogen-bond acceptors (Lipinski definition) is 3. The Morgan fingerprint density at radius 2 is 2.00 bits per heavy atom. The maximum absolute atomic E-state index is 12.0. The fourth-order valence-electron chi connectivity index (χ4n) is 1.63. The second-order valence-electron chi connectivity index (χ2n) is 4.07. The Morgan fingerprint density at radius 3 is 2.70 bits per heavy atom. The number of rotatable bonds is 3. The van der Waals surface area contributed by atoms with Gasteiger partial charge in [0.1, 0.15) is 16.8 Å². The zero-order valence-corrected chi connectivity index (χ0v) is 13.7. The fraction of sp³-hybridized carbons (Fsp3) is 0.154. The third kappa shape index (κ3) is 3.34. The molecule has 0 aliphatic carbocycles. The minimum atomic E-state index is -0.290. The lowest BCUT2D eigenvalue weighted by molar-refractivity contribution is -0.116. The van der Waals surface area contributed by atoms with Crippen molar-refractivity contribution in [1.29, 1.82) is 0 Å². The summed E-state index contributed by atoms with van der Waals surface area (Å²) in [5.74, 6) is 0.197. The smallest absolute Gasteiger partial charge is 0.268 e. The first-order chi connectivity index (χ1) is 9.49. The van der Waals surface area contributed by atoms with E-state index in [2.05, 4.69) is 42.2 Å². The van der Waals surface area contributed by atoms with Crippen molar-refractivity contribution < 1.29 is 4.79 Å². The molecule has 0 saturated heterocycles. The lowest BCUT2D eigenvalue weighted by Crippen LogP contribution is -2.30. The first-order valence-electron chi connectivity index (χ1n) is 5.75. The Kier molecular flexibility index (Phi) is 4.72. The zero-order valence-electron chi connectivity index (χ0n) is 10.6. The third-order valence-corrected chi connectivity index (χ3v) is 3.89. The number of nitrogens with one attached hydrogen (secondary N) is 1. The highest BCUT2D eigenvalue weighted by molar-refractivity contribution is 9.10. The molecule has 0 fully saturated rings. The second kappa shape index (κ2) is 6.32. The molecule has 7 heteroatoms. The van der Waals surface area contributed by atoms with Crippen molar-refractivity contribution in [2.24, 2.45) is 0 Å². The molecule has 20 heavy (non-hydrogen) atoms. The molecule has 1 aromatic carbocycles. The maximum Gasteiger partial charge on any atom is 0.268 e. The molecule has 0 bridgehead atoms. The van der Waals surface area contributed by atoms with E-state index in [1.165, 1.54) is 10.8 Å². The van der Waals surface area contributed by atoms with Gasteiger partial charge in [-0.2, -0.15) is 0 Å². The number of halogens is 2. The molecule has 0 unspecified atom stereocenters. The van der Waals surface area contributed by atoms with Crippen LogP contribution in [0.5, 0.6) is 0 Å². The van der Waals surface area contributed by atoms with E-state index in [4.69, 9.17) is 0 Å². The van der Waals surface area contributed by atoms with E-state index in [0.29, 0.717) is 16.0 Å².